The number of hydrogen-bond acceptors (Lipinski definition) is 8. The molecule has 5 unspecified atom stereocenters. The first-order valence-electron chi connectivity index (χ1n) is 10.0. The lowest BCUT2D eigenvalue weighted by molar-refractivity contribution is -0.158. The quantitative estimate of drug-likeness (QED) is 0.375. The van der Waals surface area contributed by atoms with Crippen LogP contribution in [0.2, 0.25) is 0 Å². The number of hydrogen-bond donors (Lipinski definition) is 2. The summed E-state index contributed by atoms with van der Waals surface area (Å²) in [5.74, 6) is -2.20. The number of halogens is 3. The fourth-order valence-corrected chi connectivity index (χ4v) is 5.14. The standard InChI is InChI=1S/C18H25F3O9S/c19-14(18(20,21)31(25,26)27)3-6-28-15(22)9-29-12-8-11(17(24)4-1-2-5-17)10-7-13(12)30-16(10)23/h10-14,24H,1-9H2,(H,25,26,27). The minimum Gasteiger partial charge on any atom is -0.464 e. The molecule has 0 spiro atoms. The lowest BCUT2D eigenvalue weighted by Gasteiger charge is -2.40. The molecule has 31 heavy (non-hydrogen) atoms. The van der Waals surface area contributed by atoms with Gasteiger partial charge in [-0.3, -0.25) is 9.35 Å². The summed E-state index contributed by atoms with van der Waals surface area (Å²) >= 11 is 0. The fourth-order valence-electron chi connectivity index (χ4n) is 4.70. The molecule has 2 saturated carbocycles. The maximum Gasteiger partial charge on any atom is 0.400 e. The van der Waals surface area contributed by atoms with Crippen LogP contribution in [0.15, 0.2) is 0 Å². The number of carbonyl (C=O) groups is 2. The molecule has 9 nitrogen and oxygen atoms in total. The predicted molar refractivity (Wildman–Crippen MR) is 96.2 cm³/mol. The summed E-state index contributed by atoms with van der Waals surface area (Å²) in [6.07, 6.45) is -2.16. The van der Waals surface area contributed by atoms with E-state index in [1.807, 2.05) is 0 Å². The molecule has 1 saturated heterocycles. The molecule has 0 aromatic rings. The Morgan fingerprint density at radius 2 is 1.94 bits per heavy atom. The van der Waals surface area contributed by atoms with Gasteiger partial charge in [-0.25, -0.2) is 9.18 Å². The molecule has 178 valence electrons. The Bertz CT molecular complexity index is 797. The van der Waals surface area contributed by atoms with Crippen molar-refractivity contribution >= 4 is 22.1 Å². The maximum atomic E-state index is 13.4. The van der Waals surface area contributed by atoms with Crippen LogP contribution < -0.4 is 0 Å². The topological polar surface area (TPSA) is 136 Å². The van der Waals surface area contributed by atoms with Crippen LogP contribution in [0.1, 0.15) is 44.9 Å². The van der Waals surface area contributed by atoms with Gasteiger partial charge in [-0.2, -0.15) is 17.2 Å². The van der Waals surface area contributed by atoms with E-state index in [0.29, 0.717) is 25.7 Å². The van der Waals surface area contributed by atoms with Gasteiger partial charge in [0.05, 0.1) is 24.2 Å². The van der Waals surface area contributed by atoms with Gasteiger partial charge in [0, 0.05) is 18.8 Å². The second-order valence-electron chi connectivity index (χ2n) is 8.33. The lowest BCUT2D eigenvalue weighted by Crippen LogP contribution is -2.47. The van der Waals surface area contributed by atoms with Crippen molar-refractivity contribution < 1.29 is 55.0 Å². The number of rotatable bonds is 9. The highest BCUT2D eigenvalue weighted by atomic mass is 32.2. The van der Waals surface area contributed by atoms with Crippen LogP contribution in [0, 0.1) is 11.8 Å². The summed E-state index contributed by atoms with van der Waals surface area (Å²) in [4.78, 5) is 24.0. The third kappa shape index (κ3) is 4.99. The zero-order valence-corrected chi connectivity index (χ0v) is 17.4. The van der Waals surface area contributed by atoms with E-state index in [4.69, 9.17) is 14.0 Å². The van der Waals surface area contributed by atoms with Gasteiger partial charge < -0.3 is 19.3 Å². The molecular weight excluding hydrogens is 449 g/mol. The first-order chi connectivity index (χ1) is 14.3. The molecule has 2 N–H and O–H groups in total. The normalized spacial score (nSPS) is 31.3. The molecule has 3 rings (SSSR count). The van der Waals surface area contributed by atoms with Gasteiger partial charge in [0.2, 0.25) is 0 Å². The Kier molecular flexibility index (Phi) is 6.90. The Labute approximate surface area is 177 Å². The number of esters is 2. The number of aliphatic hydroxyl groups is 1. The summed E-state index contributed by atoms with van der Waals surface area (Å²) < 4.78 is 84.3. The van der Waals surface area contributed by atoms with Gasteiger partial charge in [-0.1, -0.05) is 12.8 Å². The van der Waals surface area contributed by atoms with E-state index in [2.05, 4.69) is 4.74 Å². The Hall–Kier alpha value is -1.44. The highest BCUT2D eigenvalue weighted by molar-refractivity contribution is 7.86. The van der Waals surface area contributed by atoms with Crippen molar-refractivity contribution in [2.45, 2.75) is 74.2 Å². The number of alkyl halides is 3. The zero-order valence-electron chi connectivity index (χ0n) is 16.5. The van der Waals surface area contributed by atoms with Crippen molar-refractivity contribution in [3.8, 4) is 0 Å². The average Bonchev–Trinajstić information content (AvgIpc) is 3.25. The number of fused-ring (bicyclic) bond motifs is 2. The third-order valence-corrected chi connectivity index (χ3v) is 7.30. The van der Waals surface area contributed by atoms with Crippen LogP contribution in [-0.2, 0) is 33.9 Å². The highest BCUT2D eigenvalue weighted by Crippen LogP contribution is 2.49. The minimum atomic E-state index is -5.94. The predicted octanol–water partition coefficient (Wildman–Crippen LogP) is 1.38. The summed E-state index contributed by atoms with van der Waals surface area (Å²) in [7, 11) is -5.94. The second kappa shape index (κ2) is 8.83. The van der Waals surface area contributed by atoms with Crippen LogP contribution >= 0.6 is 0 Å². The van der Waals surface area contributed by atoms with Crippen LogP contribution in [0.3, 0.4) is 0 Å². The van der Waals surface area contributed by atoms with E-state index in [-0.39, 0.29) is 5.92 Å². The van der Waals surface area contributed by atoms with Crippen LogP contribution in [0.25, 0.3) is 0 Å². The first-order valence-corrected chi connectivity index (χ1v) is 11.5. The summed E-state index contributed by atoms with van der Waals surface area (Å²) in [6.45, 7) is -1.48. The fraction of sp³-hybridized carbons (Fsp3) is 0.889. The van der Waals surface area contributed by atoms with E-state index in [1.54, 1.807) is 0 Å². The van der Waals surface area contributed by atoms with Crippen molar-refractivity contribution in [2.75, 3.05) is 13.2 Å². The Morgan fingerprint density at radius 3 is 2.55 bits per heavy atom. The molecule has 0 amide bonds. The molecule has 1 aliphatic heterocycles. The van der Waals surface area contributed by atoms with Crippen molar-refractivity contribution in [1.82, 2.24) is 0 Å². The lowest BCUT2D eigenvalue weighted by atomic mass is 9.69. The second-order valence-corrected chi connectivity index (χ2v) is 9.83. The molecule has 0 radical (unpaired) electrons. The highest BCUT2D eigenvalue weighted by Gasteiger charge is 2.56. The molecule has 0 aromatic carbocycles. The van der Waals surface area contributed by atoms with Crippen LogP contribution in [-0.4, -0.2) is 72.5 Å². The smallest absolute Gasteiger partial charge is 0.400 e. The van der Waals surface area contributed by atoms with E-state index in [0.717, 1.165) is 12.8 Å². The molecule has 2 bridgehead atoms. The maximum absolute atomic E-state index is 13.4. The SMILES string of the molecule is O=C(COC1CC(C2(O)CCCC2)C2CC1OC2=O)OCCC(F)C(F)(F)S(=O)(=O)O. The Balaban J connectivity index is 1.48. The minimum absolute atomic E-state index is 0.304. The average molecular weight is 474 g/mol. The monoisotopic (exact) mass is 474 g/mol. The van der Waals surface area contributed by atoms with Gasteiger partial charge in [0.1, 0.15) is 12.7 Å². The van der Waals surface area contributed by atoms with E-state index < -0.39 is 76.8 Å². The molecule has 2 aliphatic carbocycles. The third-order valence-electron chi connectivity index (χ3n) is 6.36. The molecular formula is C18H25F3O9S. The zero-order chi connectivity index (χ0) is 23.0. The first kappa shape index (κ1) is 24.2. The number of carbonyl (C=O) groups excluding carboxylic acids is 2. The van der Waals surface area contributed by atoms with Crippen molar-refractivity contribution in [1.29, 1.82) is 0 Å². The van der Waals surface area contributed by atoms with Gasteiger partial charge in [-0.15, -0.1) is 0 Å². The molecule has 5 atom stereocenters. The van der Waals surface area contributed by atoms with E-state index in [9.17, 15) is 36.3 Å². The van der Waals surface area contributed by atoms with Gasteiger partial charge in [0.25, 0.3) is 0 Å². The van der Waals surface area contributed by atoms with Crippen LogP contribution in [0.5, 0.6) is 0 Å². The van der Waals surface area contributed by atoms with Gasteiger partial charge in [0.15, 0.2) is 6.17 Å². The molecule has 0 aromatic heterocycles. The van der Waals surface area contributed by atoms with E-state index in [1.165, 1.54) is 0 Å². The summed E-state index contributed by atoms with van der Waals surface area (Å²) in [5.41, 5.74) is -0.991. The largest absolute Gasteiger partial charge is 0.464 e. The molecule has 3 aliphatic rings. The summed E-state index contributed by atoms with van der Waals surface area (Å²) in [5, 5.41) is 5.91. The van der Waals surface area contributed by atoms with Crippen molar-refractivity contribution in [3.63, 3.8) is 0 Å². The van der Waals surface area contributed by atoms with Crippen molar-refractivity contribution in [2.24, 2.45) is 11.8 Å². The Morgan fingerprint density at radius 1 is 1.29 bits per heavy atom. The van der Waals surface area contributed by atoms with Gasteiger partial charge in [-0.05, 0) is 19.3 Å². The molecule has 1 heterocycles. The number of ether oxygens (including phenoxy) is 3. The van der Waals surface area contributed by atoms with Crippen LogP contribution in [0.4, 0.5) is 13.2 Å². The van der Waals surface area contributed by atoms with Crippen molar-refractivity contribution in [3.05, 3.63) is 0 Å². The summed E-state index contributed by atoms with van der Waals surface area (Å²) in [6, 6.07) is 0. The molecule has 13 heteroatoms. The van der Waals surface area contributed by atoms with E-state index >= 15 is 0 Å². The molecule has 3 fully saturated rings. The van der Waals surface area contributed by atoms with Gasteiger partial charge >= 0.3 is 27.3 Å².